The van der Waals surface area contributed by atoms with Crippen LogP contribution in [0.5, 0.6) is 0 Å². The molecule has 106 valence electrons. The highest BCUT2D eigenvalue weighted by atomic mass is 35.5. The number of hydrogen-bond donors (Lipinski definition) is 1. The molecule has 0 bridgehead atoms. The van der Waals surface area contributed by atoms with Crippen molar-refractivity contribution in [3.8, 4) is 0 Å². The second-order valence-electron chi connectivity index (χ2n) is 4.70. The second-order valence-corrected chi connectivity index (χ2v) is 5.09. The van der Waals surface area contributed by atoms with Crippen LogP contribution in [0.4, 0.5) is 5.69 Å². The van der Waals surface area contributed by atoms with Crippen molar-refractivity contribution in [3.63, 3.8) is 0 Å². The number of pyridine rings is 1. The second kappa shape index (κ2) is 7.34. The lowest BCUT2D eigenvalue weighted by Gasteiger charge is -2.29. The minimum atomic E-state index is -0.0652. The first-order valence-corrected chi connectivity index (χ1v) is 7.11. The van der Waals surface area contributed by atoms with Gasteiger partial charge in [0, 0.05) is 12.6 Å². The lowest BCUT2D eigenvalue weighted by atomic mass is 10.1. The van der Waals surface area contributed by atoms with Gasteiger partial charge in [0.05, 0.1) is 17.4 Å². The lowest BCUT2D eigenvalue weighted by molar-refractivity contribution is 0.0686. The van der Waals surface area contributed by atoms with Crippen molar-refractivity contribution in [2.24, 2.45) is 0 Å². The number of unbranched alkanes of at least 4 members (excludes halogenated alkanes) is 1. The van der Waals surface area contributed by atoms with Crippen LogP contribution in [0.25, 0.3) is 0 Å². The fraction of sp³-hybridized carbons (Fsp3) is 0.571. The van der Waals surface area contributed by atoms with Crippen LogP contribution in [0.2, 0.25) is 5.15 Å². The van der Waals surface area contributed by atoms with Crippen molar-refractivity contribution >= 4 is 23.2 Å². The molecule has 0 fully saturated rings. The molecular formula is C14H22ClN3O. The number of aromatic nitrogens is 1. The van der Waals surface area contributed by atoms with E-state index in [0.29, 0.717) is 11.3 Å². The summed E-state index contributed by atoms with van der Waals surface area (Å²) >= 11 is 5.85. The van der Waals surface area contributed by atoms with Gasteiger partial charge in [-0.05, 0) is 25.8 Å². The van der Waals surface area contributed by atoms with E-state index in [2.05, 4.69) is 18.8 Å². The monoisotopic (exact) mass is 283 g/mol. The standard InChI is InChI=1S/C14H22ClN3O/c1-4-6-7-18(10(3)5-2)14(19)11-8-13(15)17-9-12(11)16/h8-10H,4-7,16H2,1-3H3. The van der Waals surface area contributed by atoms with Gasteiger partial charge in [0.1, 0.15) is 5.15 Å². The van der Waals surface area contributed by atoms with E-state index in [-0.39, 0.29) is 17.1 Å². The van der Waals surface area contributed by atoms with Gasteiger partial charge in [0.2, 0.25) is 0 Å². The molecule has 0 aromatic carbocycles. The molecule has 1 aromatic rings. The topological polar surface area (TPSA) is 59.2 Å². The summed E-state index contributed by atoms with van der Waals surface area (Å²) in [7, 11) is 0. The summed E-state index contributed by atoms with van der Waals surface area (Å²) in [6.45, 7) is 6.97. The van der Waals surface area contributed by atoms with Gasteiger partial charge in [0.15, 0.2) is 0 Å². The summed E-state index contributed by atoms with van der Waals surface area (Å²) < 4.78 is 0. The highest BCUT2D eigenvalue weighted by Gasteiger charge is 2.22. The molecule has 5 heteroatoms. The number of nitrogens with zero attached hydrogens (tertiary/aromatic N) is 2. The van der Waals surface area contributed by atoms with E-state index in [1.165, 1.54) is 6.20 Å². The molecule has 0 aliphatic carbocycles. The molecule has 1 unspecified atom stereocenters. The van der Waals surface area contributed by atoms with Crippen molar-refractivity contribution in [2.75, 3.05) is 12.3 Å². The first kappa shape index (κ1) is 15.8. The van der Waals surface area contributed by atoms with Crippen LogP contribution in [0.3, 0.4) is 0 Å². The molecule has 4 nitrogen and oxygen atoms in total. The maximum Gasteiger partial charge on any atom is 0.256 e. The van der Waals surface area contributed by atoms with E-state index in [9.17, 15) is 4.79 Å². The molecule has 19 heavy (non-hydrogen) atoms. The number of carbonyl (C=O) groups is 1. The zero-order chi connectivity index (χ0) is 14.4. The van der Waals surface area contributed by atoms with Crippen molar-refractivity contribution in [1.29, 1.82) is 0 Å². The first-order chi connectivity index (χ1) is 9.01. The third-order valence-electron chi connectivity index (χ3n) is 3.27. The fourth-order valence-electron chi connectivity index (χ4n) is 1.85. The van der Waals surface area contributed by atoms with Crippen LogP contribution < -0.4 is 5.73 Å². The Morgan fingerprint density at radius 3 is 2.79 bits per heavy atom. The van der Waals surface area contributed by atoms with Crippen molar-refractivity contribution in [1.82, 2.24) is 9.88 Å². The Balaban J connectivity index is 3.00. The third-order valence-corrected chi connectivity index (χ3v) is 3.47. The molecular weight excluding hydrogens is 262 g/mol. The Bertz CT molecular complexity index is 437. The van der Waals surface area contributed by atoms with Crippen LogP contribution in [-0.2, 0) is 0 Å². The maximum atomic E-state index is 12.6. The molecule has 2 N–H and O–H groups in total. The molecule has 0 saturated heterocycles. The number of nitrogen functional groups attached to an aromatic ring is 1. The highest BCUT2D eigenvalue weighted by molar-refractivity contribution is 6.29. The number of anilines is 1. The minimum Gasteiger partial charge on any atom is -0.397 e. The average molecular weight is 284 g/mol. The van der Waals surface area contributed by atoms with Gasteiger partial charge >= 0.3 is 0 Å². The minimum absolute atomic E-state index is 0.0652. The van der Waals surface area contributed by atoms with Crippen LogP contribution in [0, 0.1) is 0 Å². The normalized spacial score (nSPS) is 12.2. The molecule has 1 atom stereocenters. The van der Waals surface area contributed by atoms with Gasteiger partial charge in [-0.2, -0.15) is 0 Å². The van der Waals surface area contributed by atoms with Gasteiger partial charge in [-0.25, -0.2) is 4.98 Å². The SMILES string of the molecule is CCCCN(C(=O)c1cc(Cl)ncc1N)C(C)CC. The molecule has 0 aliphatic heterocycles. The van der Waals surface area contributed by atoms with Gasteiger partial charge < -0.3 is 10.6 Å². The summed E-state index contributed by atoms with van der Waals surface area (Å²) in [5, 5.41) is 0.289. The highest BCUT2D eigenvalue weighted by Crippen LogP contribution is 2.19. The average Bonchev–Trinajstić information content (AvgIpc) is 2.41. The maximum absolute atomic E-state index is 12.6. The largest absolute Gasteiger partial charge is 0.397 e. The summed E-state index contributed by atoms with van der Waals surface area (Å²) in [5.41, 5.74) is 6.65. The zero-order valence-corrected chi connectivity index (χ0v) is 12.6. The Labute approximate surface area is 120 Å². The predicted octanol–water partition coefficient (Wildman–Crippen LogP) is 3.36. The Kier molecular flexibility index (Phi) is 6.09. The van der Waals surface area contributed by atoms with Gasteiger partial charge in [-0.3, -0.25) is 4.79 Å². The molecule has 1 rings (SSSR count). The van der Waals surface area contributed by atoms with Gasteiger partial charge in [0.25, 0.3) is 5.91 Å². The first-order valence-electron chi connectivity index (χ1n) is 6.73. The molecule has 1 amide bonds. The summed E-state index contributed by atoms with van der Waals surface area (Å²) in [6, 6.07) is 1.73. The van der Waals surface area contributed by atoms with E-state index in [1.807, 2.05) is 11.8 Å². The smallest absolute Gasteiger partial charge is 0.256 e. The van der Waals surface area contributed by atoms with E-state index < -0.39 is 0 Å². The Morgan fingerprint density at radius 2 is 2.21 bits per heavy atom. The van der Waals surface area contributed by atoms with Crippen LogP contribution >= 0.6 is 11.6 Å². The number of halogens is 1. The van der Waals surface area contributed by atoms with E-state index >= 15 is 0 Å². The van der Waals surface area contributed by atoms with Crippen LogP contribution in [-0.4, -0.2) is 28.4 Å². The molecule has 0 radical (unpaired) electrons. The molecule has 0 saturated carbocycles. The van der Waals surface area contributed by atoms with Crippen LogP contribution in [0.1, 0.15) is 50.4 Å². The van der Waals surface area contributed by atoms with E-state index in [1.54, 1.807) is 6.07 Å². The Morgan fingerprint density at radius 1 is 1.53 bits per heavy atom. The fourth-order valence-corrected chi connectivity index (χ4v) is 2.01. The lowest BCUT2D eigenvalue weighted by Crippen LogP contribution is -2.39. The third kappa shape index (κ3) is 4.10. The number of rotatable bonds is 6. The number of carbonyl (C=O) groups excluding carboxylic acids is 1. The molecule has 0 spiro atoms. The van der Waals surface area contributed by atoms with Gasteiger partial charge in [-0.1, -0.05) is 31.9 Å². The number of amides is 1. The van der Waals surface area contributed by atoms with Crippen molar-refractivity contribution in [2.45, 2.75) is 46.1 Å². The summed E-state index contributed by atoms with van der Waals surface area (Å²) in [6.07, 6.45) is 4.37. The molecule has 1 heterocycles. The zero-order valence-electron chi connectivity index (χ0n) is 11.8. The number of nitrogens with two attached hydrogens (primary N) is 1. The summed E-state index contributed by atoms with van der Waals surface area (Å²) in [4.78, 5) is 18.3. The Hall–Kier alpha value is -1.29. The van der Waals surface area contributed by atoms with Crippen molar-refractivity contribution in [3.05, 3.63) is 23.0 Å². The number of hydrogen-bond acceptors (Lipinski definition) is 3. The predicted molar refractivity (Wildman–Crippen MR) is 79.4 cm³/mol. The molecule has 0 aliphatic rings. The van der Waals surface area contributed by atoms with Crippen LogP contribution in [0.15, 0.2) is 12.3 Å². The molecule has 1 aromatic heterocycles. The van der Waals surface area contributed by atoms with E-state index in [0.717, 1.165) is 25.8 Å². The summed E-state index contributed by atoms with van der Waals surface area (Å²) in [5.74, 6) is -0.0652. The quantitative estimate of drug-likeness (QED) is 0.815. The van der Waals surface area contributed by atoms with E-state index in [4.69, 9.17) is 17.3 Å². The van der Waals surface area contributed by atoms with Crippen molar-refractivity contribution < 1.29 is 4.79 Å². The van der Waals surface area contributed by atoms with Gasteiger partial charge in [-0.15, -0.1) is 0 Å².